The Kier molecular flexibility index (Phi) is 3.88. The minimum Gasteiger partial charge on any atom is -0.377 e. The van der Waals surface area contributed by atoms with Gasteiger partial charge in [-0.05, 0) is 26.0 Å². The summed E-state index contributed by atoms with van der Waals surface area (Å²) in [4.78, 5) is 2.32. The molecular formula is C10H20N2. The zero-order valence-electron chi connectivity index (χ0n) is 8.01. The van der Waals surface area contributed by atoms with E-state index in [1.165, 1.54) is 18.5 Å². The van der Waals surface area contributed by atoms with Crippen LogP contribution in [0.1, 0.15) is 14.3 Å². The van der Waals surface area contributed by atoms with Crippen molar-refractivity contribution < 1.29 is 1.43 Å². The number of nitrogens with one attached hydrogen (secondary N) is 1. The van der Waals surface area contributed by atoms with E-state index in [9.17, 15) is 0 Å². The van der Waals surface area contributed by atoms with Gasteiger partial charge in [0, 0.05) is 27.3 Å². The zero-order valence-corrected chi connectivity index (χ0v) is 8.01. The first kappa shape index (κ1) is 9.33. The summed E-state index contributed by atoms with van der Waals surface area (Å²) in [5.41, 5.74) is 1.45. The highest BCUT2D eigenvalue weighted by atomic mass is 15.1. The maximum atomic E-state index is 3.15. The van der Waals surface area contributed by atoms with Crippen LogP contribution in [-0.4, -0.2) is 32.1 Å². The molecule has 0 bridgehead atoms. The molecule has 0 atom stereocenters. The van der Waals surface area contributed by atoms with E-state index in [2.05, 4.69) is 35.5 Å². The molecule has 2 heteroatoms. The van der Waals surface area contributed by atoms with Crippen LogP contribution in [0, 0.1) is 0 Å². The third-order valence-corrected chi connectivity index (χ3v) is 2.18. The van der Waals surface area contributed by atoms with Gasteiger partial charge in [-0.25, -0.2) is 0 Å². The molecule has 1 rings (SSSR count). The second-order valence-corrected chi connectivity index (χ2v) is 3.15. The fraction of sp³-hybridized carbons (Fsp3) is 0.600. The molecular weight excluding hydrogens is 148 g/mol. The van der Waals surface area contributed by atoms with Gasteiger partial charge in [0.05, 0.1) is 0 Å². The van der Waals surface area contributed by atoms with Crippen LogP contribution in [0.25, 0.3) is 0 Å². The Bertz CT molecular complexity index is 187. The molecule has 0 heterocycles. The number of likely N-dealkylation sites (N-methyl/N-ethyl adjacent to an activating group) is 2. The molecule has 0 unspecified atom stereocenters. The molecule has 0 aromatic carbocycles. The van der Waals surface area contributed by atoms with Crippen LogP contribution >= 0.6 is 0 Å². The minimum absolute atomic E-state index is 0. The molecule has 1 aliphatic rings. The third-order valence-electron chi connectivity index (χ3n) is 2.18. The van der Waals surface area contributed by atoms with Gasteiger partial charge in [-0.15, -0.1) is 0 Å². The van der Waals surface area contributed by atoms with Crippen LogP contribution in [0.3, 0.4) is 0 Å². The van der Waals surface area contributed by atoms with Crippen molar-refractivity contribution in [3.63, 3.8) is 0 Å². The molecule has 0 aliphatic heterocycles. The van der Waals surface area contributed by atoms with Gasteiger partial charge in [-0.3, -0.25) is 0 Å². The maximum absolute atomic E-state index is 3.15. The second kappa shape index (κ2) is 4.99. The van der Waals surface area contributed by atoms with E-state index < -0.39 is 0 Å². The van der Waals surface area contributed by atoms with Crippen molar-refractivity contribution in [2.24, 2.45) is 0 Å². The lowest BCUT2D eigenvalue weighted by Gasteiger charge is -2.23. The summed E-state index contributed by atoms with van der Waals surface area (Å²) < 4.78 is 0. The van der Waals surface area contributed by atoms with E-state index >= 15 is 0 Å². The summed E-state index contributed by atoms with van der Waals surface area (Å²) in [6.45, 7) is 2.15. The monoisotopic (exact) mass is 168 g/mol. The lowest BCUT2D eigenvalue weighted by molar-refractivity contribution is 0.399. The first-order valence-corrected chi connectivity index (χ1v) is 4.56. The molecule has 1 N–H and O–H groups in total. The molecule has 1 aliphatic carbocycles. The molecule has 0 aromatic rings. The first-order valence-electron chi connectivity index (χ1n) is 4.56. The Labute approximate surface area is 76.4 Å². The molecule has 70 valence electrons. The predicted octanol–water partition coefficient (Wildman–Crippen LogP) is 1.62. The topological polar surface area (TPSA) is 15.3 Å². The lowest BCUT2D eigenvalue weighted by atomic mass is 10.1. The van der Waals surface area contributed by atoms with Crippen molar-refractivity contribution in [2.45, 2.75) is 12.8 Å². The Morgan fingerprint density at radius 3 is 3.08 bits per heavy atom. The molecule has 0 radical (unpaired) electrons. The van der Waals surface area contributed by atoms with Crippen LogP contribution in [0.4, 0.5) is 0 Å². The highest BCUT2D eigenvalue weighted by Gasteiger charge is 2.03. The molecule has 0 amide bonds. The average Bonchev–Trinajstić information content (AvgIpc) is 2.15. The van der Waals surface area contributed by atoms with Crippen LogP contribution < -0.4 is 5.32 Å². The van der Waals surface area contributed by atoms with E-state index in [1.54, 1.807) is 0 Å². The van der Waals surface area contributed by atoms with E-state index in [1.807, 2.05) is 7.05 Å². The Morgan fingerprint density at radius 1 is 1.67 bits per heavy atom. The largest absolute Gasteiger partial charge is 0.377 e. The molecule has 12 heavy (non-hydrogen) atoms. The molecule has 0 saturated heterocycles. The van der Waals surface area contributed by atoms with Gasteiger partial charge < -0.3 is 10.2 Å². The number of rotatable bonds is 4. The summed E-state index contributed by atoms with van der Waals surface area (Å²) in [5, 5.41) is 3.15. The highest BCUT2D eigenvalue weighted by Crippen LogP contribution is 2.13. The van der Waals surface area contributed by atoms with Crippen LogP contribution in [0.5, 0.6) is 0 Å². The summed E-state index contributed by atoms with van der Waals surface area (Å²) in [5.74, 6) is 0. The van der Waals surface area contributed by atoms with Crippen molar-refractivity contribution in [1.29, 1.82) is 0 Å². The SMILES string of the molecule is CNCCN(C)C1=CC=CCC1.[HH]. The Hall–Kier alpha value is -0.760. The van der Waals surface area contributed by atoms with E-state index in [0.717, 1.165) is 13.1 Å². The van der Waals surface area contributed by atoms with Crippen molar-refractivity contribution in [3.05, 3.63) is 23.9 Å². The number of nitrogens with zero attached hydrogens (tertiary/aromatic N) is 1. The van der Waals surface area contributed by atoms with Crippen LogP contribution in [0.2, 0.25) is 0 Å². The van der Waals surface area contributed by atoms with E-state index in [4.69, 9.17) is 0 Å². The Balaban J connectivity index is 0.00000144. The standard InChI is InChI=1S/C10H18N2.H2/c1-11-8-9-12(2)10-6-4-3-5-7-10;/h3-4,6,11H,5,7-9H2,1-2H3;1H. The minimum atomic E-state index is 0. The van der Waals surface area contributed by atoms with Gasteiger partial charge in [0.25, 0.3) is 0 Å². The number of hydrogen-bond donors (Lipinski definition) is 1. The van der Waals surface area contributed by atoms with Gasteiger partial charge in [0.1, 0.15) is 0 Å². The normalized spacial score (nSPS) is 16.0. The second-order valence-electron chi connectivity index (χ2n) is 3.15. The maximum Gasteiger partial charge on any atom is 0.0296 e. The average molecular weight is 168 g/mol. The third kappa shape index (κ3) is 2.70. The number of hydrogen-bond acceptors (Lipinski definition) is 2. The predicted molar refractivity (Wildman–Crippen MR) is 55.1 cm³/mol. The Morgan fingerprint density at radius 2 is 2.50 bits per heavy atom. The van der Waals surface area contributed by atoms with Crippen molar-refractivity contribution in [1.82, 2.24) is 10.2 Å². The first-order chi connectivity index (χ1) is 5.84. The van der Waals surface area contributed by atoms with Crippen molar-refractivity contribution >= 4 is 0 Å². The van der Waals surface area contributed by atoms with Gasteiger partial charge >= 0.3 is 0 Å². The molecule has 0 aromatic heterocycles. The summed E-state index contributed by atoms with van der Waals surface area (Å²) in [7, 11) is 4.14. The van der Waals surface area contributed by atoms with Crippen LogP contribution in [-0.2, 0) is 0 Å². The quantitative estimate of drug-likeness (QED) is 0.686. The van der Waals surface area contributed by atoms with E-state index in [0.29, 0.717) is 0 Å². The summed E-state index contributed by atoms with van der Waals surface area (Å²) in [6, 6.07) is 0. The lowest BCUT2D eigenvalue weighted by Crippen LogP contribution is -2.27. The summed E-state index contributed by atoms with van der Waals surface area (Å²) >= 11 is 0. The van der Waals surface area contributed by atoms with E-state index in [-0.39, 0.29) is 1.43 Å². The smallest absolute Gasteiger partial charge is 0.0296 e. The van der Waals surface area contributed by atoms with Gasteiger partial charge in [0.15, 0.2) is 0 Å². The van der Waals surface area contributed by atoms with Crippen LogP contribution in [0.15, 0.2) is 23.9 Å². The summed E-state index contributed by atoms with van der Waals surface area (Å²) in [6.07, 6.45) is 8.95. The highest BCUT2D eigenvalue weighted by molar-refractivity contribution is 5.16. The molecule has 0 spiro atoms. The van der Waals surface area contributed by atoms with Gasteiger partial charge in [-0.2, -0.15) is 0 Å². The molecule has 0 saturated carbocycles. The fourth-order valence-electron chi connectivity index (χ4n) is 1.33. The zero-order chi connectivity index (χ0) is 8.81. The number of allylic oxidation sites excluding steroid dienone is 4. The van der Waals surface area contributed by atoms with Gasteiger partial charge in [-0.1, -0.05) is 12.2 Å². The van der Waals surface area contributed by atoms with Crippen molar-refractivity contribution in [3.8, 4) is 0 Å². The fourth-order valence-corrected chi connectivity index (χ4v) is 1.33. The molecule has 0 fully saturated rings. The van der Waals surface area contributed by atoms with Gasteiger partial charge in [0.2, 0.25) is 0 Å². The van der Waals surface area contributed by atoms with Crippen molar-refractivity contribution in [2.75, 3.05) is 27.2 Å². The molecule has 2 nitrogen and oxygen atoms in total.